The highest BCUT2D eigenvalue weighted by Gasteiger charge is 2.10. The summed E-state index contributed by atoms with van der Waals surface area (Å²) >= 11 is 0. The van der Waals surface area contributed by atoms with E-state index in [1.807, 2.05) is 0 Å². The molecule has 0 aliphatic carbocycles. The van der Waals surface area contributed by atoms with E-state index in [0.29, 0.717) is 19.1 Å². The Kier molecular flexibility index (Phi) is 5.02. The molecule has 3 unspecified atom stereocenters. The van der Waals surface area contributed by atoms with Gasteiger partial charge in [0, 0.05) is 6.04 Å². The van der Waals surface area contributed by atoms with Crippen molar-refractivity contribution in [2.75, 3.05) is 0 Å². The smallest absolute Gasteiger partial charge is 0.136 e. The molecule has 0 heterocycles. The number of rotatable bonds is 5. The first-order chi connectivity index (χ1) is 5.07. The fraction of sp³-hybridized carbons (Fsp3) is 0.857. The molecule has 0 amide bonds. The van der Waals surface area contributed by atoms with Crippen LogP contribution in [0.2, 0.25) is 0 Å². The summed E-state index contributed by atoms with van der Waals surface area (Å²) in [7, 11) is 0. The number of aliphatic hydroxyl groups is 1. The predicted molar refractivity (Wildman–Crippen MR) is 42.9 cm³/mol. The second-order valence-electron chi connectivity index (χ2n) is 2.80. The van der Waals surface area contributed by atoms with E-state index in [1.165, 1.54) is 0 Å². The average Bonchev–Trinajstić information content (AvgIpc) is 1.99. The normalized spacial score (nSPS) is 18.9. The molecule has 0 aliphatic rings. The van der Waals surface area contributed by atoms with Crippen LogP contribution in [0.1, 0.15) is 19.8 Å². The summed E-state index contributed by atoms with van der Waals surface area (Å²) in [4.78, 5) is 10.0. The van der Waals surface area contributed by atoms with Gasteiger partial charge >= 0.3 is 0 Å². The Morgan fingerprint density at radius 2 is 2.00 bits per heavy atom. The first-order valence-corrected chi connectivity index (χ1v) is 3.72. The minimum absolute atomic E-state index is 0.256. The summed E-state index contributed by atoms with van der Waals surface area (Å²) in [6.45, 7) is 1.72. The van der Waals surface area contributed by atoms with Crippen molar-refractivity contribution in [3.63, 3.8) is 0 Å². The molecule has 11 heavy (non-hydrogen) atoms. The zero-order chi connectivity index (χ0) is 8.85. The second-order valence-corrected chi connectivity index (χ2v) is 2.80. The maximum Gasteiger partial charge on any atom is 0.136 e. The second kappa shape index (κ2) is 5.23. The van der Waals surface area contributed by atoms with Gasteiger partial charge in [-0.05, 0) is 19.8 Å². The van der Waals surface area contributed by atoms with Crippen LogP contribution in [0.15, 0.2) is 0 Å². The van der Waals surface area contributed by atoms with E-state index in [4.69, 9.17) is 11.5 Å². The fourth-order valence-corrected chi connectivity index (χ4v) is 0.694. The lowest BCUT2D eigenvalue weighted by atomic mass is 10.1. The number of carbonyl (C=O) groups excluding carboxylic acids is 1. The Morgan fingerprint density at radius 3 is 2.36 bits per heavy atom. The van der Waals surface area contributed by atoms with Gasteiger partial charge in [0.25, 0.3) is 0 Å². The van der Waals surface area contributed by atoms with Gasteiger partial charge in [-0.25, -0.2) is 0 Å². The molecule has 4 heteroatoms. The van der Waals surface area contributed by atoms with Gasteiger partial charge in [0.15, 0.2) is 0 Å². The van der Waals surface area contributed by atoms with Crippen LogP contribution in [-0.2, 0) is 4.79 Å². The van der Waals surface area contributed by atoms with Crippen LogP contribution < -0.4 is 11.5 Å². The predicted octanol–water partition coefficient (Wildman–Crippen LogP) is -0.999. The lowest BCUT2D eigenvalue weighted by molar-refractivity contribution is -0.109. The van der Waals surface area contributed by atoms with E-state index < -0.39 is 12.1 Å². The van der Waals surface area contributed by atoms with Crippen LogP contribution >= 0.6 is 0 Å². The number of hydrogen-bond acceptors (Lipinski definition) is 4. The Hall–Kier alpha value is -0.450. The molecule has 3 atom stereocenters. The summed E-state index contributed by atoms with van der Waals surface area (Å²) in [5.41, 5.74) is 10.7. The minimum Gasteiger partial charge on any atom is -0.392 e. The van der Waals surface area contributed by atoms with Gasteiger partial charge in [-0.3, -0.25) is 0 Å². The molecule has 0 saturated carbocycles. The van der Waals surface area contributed by atoms with E-state index >= 15 is 0 Å². The third-order valence-corrected chi connectivity index (χ3v) is 1.58. The van der Waals surface area contributed by atoms with E-state index in [0.717, 1.165) is 0 Å². The van der Waals surface area contributed by atoms with E-state index in [2.05, 4.69) is 0 Å². The third kappa shape index (κ3) is 4.89. The van der Waals surface area contributed by atoms with Crippen molar-refractivity contribution in [2.24, 2.45) is 11.5 Å². The fourth-order valence-electron chi connectivity index (χ4n) is 0.694. The number of aldehydes is 1. The van der Waals surface area contributed by atoms with Crippen LogP contribution in [0.5, 0.6) is 0 Å². The average molecular weight is 160 g/mol. The largest absolute Gasteiger partial charge is 0.392 e. The topological polar surface area (TPSA) is 89.3 Å². The van der Waals surface area contributed by atoms with Crippen molar-refractivity contribution in [3.05, 3.63) is 0 Å². The SMILES string of the molecule is CC(N)C(O)CCC(N)C=O. The van der Waals surface area contributed by atoms with E-state index in [-0.39, 0.29) is 6.04 Å². The minimum atomic E-state index is -0.555. The molecule has 0 bridgehead atoms. The van der Waals surface area contributed by atoms with Gasteiger partial charge in [0.2, 0.25) is 0 Å². The van der Waals surface area contributed by atoms with E-state index in [9.17, 15) is 9.90 Å². The van der Waals surface area contributed by atoms with Crippen molar-refractivity contribution >= 4 is 6.29 Å². The summed E-state index contributed by atoms with van der Waals surface area (Å²) in [6, 6.07) is -0.725. The zero-order valence-electron chi connectivity index (χ0n) is 6.73. The first-order valence-electron chi connectivity index (χ1n) is 3.72. The van der Waals surface area contributed by atoms with Gasteiger partial charge in [0.05, 0.1) is 12.1 Å². The molecular weight excluding hydrogens is 144 g/mol. The Labute approximate surface area is 66.6 Å². The molecule has 0 rings (SSSR count). The Bertz CT molecular complexity index is 117. The lowest BCUT2D eigenvalue weighted by Crippen LogP contribution is -2.33. The van der Waals surface area contributed by atoms with Crippen LogP contribution in [0.3, 0.4) is 0 Å². The quantitative estimate of drug-likeness (QED) is 0.450. The van der Waals surface area contributed by atoms with Crippen LogP contribution in [0.25, 0.3) is 0 Å². The Balaban J connectivity index is 3.45. The highest BCUT2D eigenvalue weighted by atomic mass is 16.3. The van der Waals surface area contributed by atoms with Crippen molar-refractivity contribution < 1.29 is 9.90 Å². The molecule has 0 aromatic rings. The van der Waals surface area contributed by atoms with Gasteiger partial charge in [-0.1, -0.05) is 0 Å². The Morgan fingerprint density at radius 1 is 1.45 bits per heavy atom. The summed E-state index contributed by atoms with van der Waals surface area (Å²) in [5.74, 6) is 0. The monoisotopic (exact) mass is 160 g/mol. The lowest BCUT2D eigenvalue weighted by Gasteiger charge is -2.14. The molecule has 66 valence electrons. The maximum atomic E-state index is 10.0. The van der Waals surface area contributed by atoms with Crippen molar-refractivity contribution in [3.8, 4) is 0 Å². The molecule has 0 aromatic carbocycles. The van der Waals surface area contributed by atoms with Gasteiger partial charge in [-0.15, -0.1) is 0 Å². The highest BCUT2D eigenvalue weighted by molar-refractivity contribution is 5.56. The van der Waals surface area contributed by atoms with E-state index in [1.54, 1.807) is 6.92 Å². The standard InChI is InChI=1S/C7H16N2O2/c1-5(8)7(11)3-2-6(9)4-10/h4-7,11H,2-3,8-9H2,1H3. The highest BCUT2D eigenvalue weighted by Crippen LogP contribution is 2.01. The first kappa shape index (κ1) is 10.6. The van der Waals surface area contributed by atoms with Crippen molar-refractivity contribution in [2.45, 2.75) is 38.0 Å². The molecule has 5 N–H and O–H groups in total. The van der Waals surface area contributed by atoms with Crippen LogP contribution in [-0.4, -0.2) is 29.6 Å². The molecular formula is C7H16N2O2. The number of carbonyl (C=O) groups is 1. The van der Waals surface area contributed by atoms with Crippen molar-refractivity contribution in [1.29, 1.82) is 0 Å². The molecule has 0 spiro atoms. The molecule has 0 fully saturated rings. The number of aliphatic hydroxyl groups excluding tert-OH is 1. The summed E-state index contributed by atoms with van der Waals surface area (Å²) < 4.78 is 0. The molecule has 4 nitrogen and oxygen atoms in total. The van der Waals surface area contributed by atoms with Gasteiger partial charge < -0.3 is 21.4 Å². The summed E-state index contributed by atoms with van der Waals surface area (Å²) in [5, 5.41) is 9.17. The number of hydrogen-bond donors (Lipinski definition) is 3. The molecule has 0 saturated heterocycles. The number of nitrogens with two attached hydrogens (primary N) is 2. The van der Waals surface area contributed by atoms with Crippen LogP contribution in [0.4, 0.5) is 0 Å². The molecule has 0 aliphatic heterocycles. The zero-order valence-corrected chi connectivity index (χ0v) is 6.73. The molecule has 0 aromatic heterocycles. The summed E-state index contributed by atoms with van der Waals surface area (Å²) in [6.07, 6.45) is 1.10. The van der Waals surface area contributed by atoms with Crippen molar-refractivity contribution in [1.82, 2.24) is 0 Å². The maximum absolute atomic E-state index is 10.0. The van der Waals surface area contributed by atoms with Gasteiger partial charge in [0.1, 0.15) is 6.29 Å². The van der Waals surface area contributed by atoms with Crippen LogP contribution in [0, 0.1) is 0 Å². The third-order valence-electron chi connectivity index (χ3n) is 1.58. The van der Waals surface area contributed by atoms with Gasteiger partial charge in [-0.2, -0.15) is 0 Å². The molecule has 0 radical (unpaired) electrons.